The molecule has 0 aliphatic rings. The molecule has 72 valence electrons. The molecule has 1 heterocycles. The van der Waals surface area contributed by atoms with Gasteiger partial charge in [0.05, 0.1) is 5.02 Å². The zero-order valence-electron chi connectivity index (χ0n) is 7.48. The van der Waals surface area contributed by atoms with Gasteiger partial charge in [0.15, 0.2) is 0 Å². The number of H-pyrrole nitrogens is 1. The van der Waals surface area contributed by atoms with E-state index in [1.54, 1.807) is 6.07 Å². The van der Waals surface area contributed by atoms with Gasteiger partial charge in [-0.3, -0.25) is 0 Å². The number of rotatable bonds is 2. The van der Waals surface area contributed by atoms with E-state index in [-0.39, 0.29) is 0 Å². The molecule has 14 heavy (non-hydrogen) atoms. The van der Waals surface area contributed by atoms with Gasteiger partial charge in [-0.1, -0.05) is 29.3 Å². The van der Waals surface area contributed by atoms with Crippen LogP contribution in [0, 0.1) is 0 Å². The maximum absolute atomic E-state index is 6.11. The Hall–Kier alpha value is -0.920. The average molecular weight is 226 g/mol. The van der Waals surface area contributed by atoms with Crippen molar-refractivity contribution in [2.75, 3.05) is 0 Å². The van der Waals surface area contributed by atoms with Crippen molar-refractivity contribution in [1.29, 1.82) is 0 Å². The topological polar surface area (TPSA) is 15.8 Å². The Morgan fingerprint density at radius 2 is 2.14 bits per heavy atom. The van der Waals surface area contributed by atoms with Crippen molar-refractivity contribution in [1.82, 2.24) is 4.98 Å². The summed E-state index contributed by atoms with van der Waals surface area (Å²) in [6.45, 7) is 3.71. The number of nitrogens with one attached hydrogen (secondary N) is 1. The van der Waals surface area contributed by atoms with Crippen molar-refractivity contribution in [3.05, 3.63) is 46.6 Å². The van der Waals surface area contributed by atoms with Crippen LogP contribution in [0.4, 0.5) is 0 Å². The first-order valence-corrected chi connectivity index (χ1v) is 5.04. The summed E-state index contributed by atoms with van der Waals surface area (Å²) in [6, 6.07) is 3.63. The second-order valence-electron chi connectivity index (χ2n) is 3.12. The summed E-state index contributed by atoms with van der Waals surface area (Å²) in [5.41, 5.74) is 2.12. The van der Waals surface area contributed by atoms with Crippen LogP contribution < -0.4 is 0 Å². The summed E-state index contributed by atoms with van der Waals surface area (Å²) in [4.78, 5) is 3.14. The van der Waals surface area contributed by atoms with Crippen LogP contribution in [-0.2, 0) is 6.42 Å². The zero-order valence-corrected chi connectivity index (χ0v) is 8.99. The monoisotopic (exact) mass is 225 g/mol. The molecule has 0 aliphatic heterocycles. The summed E-state index contributed by atoms with van der Waals surface area (Å²) >= 11 is 12.0. The van der Waals surface area contributed by atoms with Gasteiger partial charge in [-0.25, -0.2) is 0 Å². The number of halogens is 2. The molecule has 1 N–H and O–H groups in total. The van der Waals surface area contributed by atoms with Crippen LogP contribution in [0.25, 0.3) is 10.9 Å². The fourth-order valence-corrected chi connectivity index (χ4v) is 2.18. The largest absolute Gasteiger partial charge is 0.361 e. The highest BCUT2D eigenvalue weighted by molar-refractivity contribution is 6.38. The number of hydrogen-bond donors (Lipinski definition) is 1. The Kier molecular flexibility index (Phi) is 2.53. The van der Waals surface area contributed by atoms with Crippen molar-refractivity contribution in [2.24, 2.45) is 0 Å². The summed E-state index contributed by atoms with van der Waals surface area (Å²) in [5, 5.41) is 2.37. The third-order valence-corrected chi connectivity index (χ3v) is 2.66. The Morgan fingerprint density at radius 3 is 2.86 bits per heavy atom. The fraction of sp³-hybridized carbons (Fsp3) is 0.0909. The molecule has 1 aromatic carbocycles. The summed E-state index contributed by atoms with van der Waals surface area (Å²) in [5.74, 6) is 0. The van der Waals surface area contributed by atoms with Crippen molar-refractivity contribution in [3.63, 3.8) is 0 Å². The minimum Gasteiger partial charge on any atom is -0.361 e. The van der Waals surface area contributed by atoms with Crippen LogP contribution >= 0.6 is 23.2 Å². The molecule has 0 atom stereocenters. The number of fused-ring (bicyclic) bond motifs is 1. The van der Waals surface area contributed by atoms with E-state index in [2.05, 4.69) is 11.6 Å². The lowest BCUT2D eigenvalue weighted by molar-refractivity contribution is 1.29. The third-order valence-electron chi connectivity index (χ3n) is 2.14. The van der Waals surface area contributed by atoms with Crippen LogP contribution in [0.1, 0.15) is 5.56 Å². The summed E-state index contributed by atoms with van der Waals surface area (Å²) in [6.07, 6.45) is 4.60. The van der Waals surface area contributed by atoms with E-state index in [0.717, 1.165) is 22.9 Å². The maximum Gasteiger partial charge on any atom is 0.0517 e. The summed E-state index contributed by atoms with van der Waals surface area (Å²) < 4.78 is 0. The van der Waals surface area contributed by atoms with E-state index < -0.39 is 0 Å². The molecular formula is C11H9Cl2N. The minimum atomic E-state index is 0.648. The van der Waals surface area contributed by atoms with Crippen molar-refractivity contribution < 1.29 is 0 Å². The first kappa shape index (κ1) is 9.63. The molecule has 1 nitrogen and oxygen atoms in total. The molecule has 0 aliphatic carbocycles. The Balaban J connectivity index is 2.72. The average Bonchev–Trinajstić information content (AvgIpc) is 2.49. The SMILES string of the molecule is C=CCc1c[nH]c2cc(Cl)cc(Cl)c12. The first-order chi connectivity index (χ1) is 6.72. The van der Waals surface area contributed by atoms with Crippen LogP contribution in [0.2, 0.25) is 10.0 Å². The van der Waals surface area contributed by atoms with E-state index in [1.165, 1.54) is 0 Å². The van der Waals surface area contributed by atoms with Gasteiger partial charge in [0.2, 0.25) is 0 Å². The quantitative estimate of drug-likeness (QED) is 0.738. The van der Waals surface area contributed by atoms with E-state index in [9.17, 15) is 0 Å². The van der Waals surface area contributed by atoms with E-state index >= 15 is 0 Å². The number of benzene rings is 1. The molecule has 0 unspecified atom stereocenters. The molecule has 0 saturated heterocycles. The Bertz CT molecular complexity index is 485. The van der Waals surface area contributed by atoms with Crippen LogP contribution in [0.15, 0.2) is 31.0 Å². The van der Waals surface area contributed by atoms with Crippen molar-refractivity contribution in [2.45, 2.75) is 6.42 Å². The lowest BCUT2D eigenvalue weighted by atomic mass is 10.1. The van der Waals surface area contributed by atoms with Crippen molar-refractivity contribution >= 4 is 34.1 Å². The van der Waals surface area contributed by atoms with Gasteiger partial charge in [0.1, 0.15) is 0 Å². The van der Waals surface area contributed by atoms with Gasteiger partial charge in [-0.2, -0.15) is 0 Å². The molecule has 2 rings (SSSR count). The Labute approximate surface area is 92.3 Å². The second kappa shape index (κ2) is 3.68. The molecule has 3 heteroatoms. The Morgan fingerprint density at radius 1 is 1.36 bits per heavy atom. The summed E-state index contributed by atoms with van der Waals surface area (Å²) in [7, 11) is 0. The molecule has 2 aromatic rings. The normalized spacial score (nSPS) is 10.7. The molecule has 0 amide bonds. The van der Waals surface area contributed by atoms with Gasteiger partial charge >= 0.3 is 0 Å². The highest BCUT2D eigenvalue weighted by atomic mass is 35.5. The van der Waals surface area contributed by atoms with E-state index in [0.29, 0.717) is 10.0 Å². The first-order valence-electron chi connectivity index (χ1n) is 4.28. The molecule has 0 radical (unpaired) electrons. The lowest BCUT2D eigenvalue weighted by Crippen LogP contribution is -1.78. The second-order valence-corrected chi connectivity index (χ2v) is 3.96. The van der Waals surface area contributed by atoms with Crippen molar-refractivity contribution in [3.8, 4) is 0 Å². The molecular weight excluding hydrogens is 217 g/mol. The van der Waals surface area contributed by atoms with Gasteiger partial charge in [0, 0.05) is 22.1 Å². The number of aromatic nitrogens is 1. The standard InChI is InChI=1S/C11H9Cl2N/c1-2-3-7-6-14-10-5-8(12)4-9(13)11(7)10/h2,4-6,14H,1,3H2. The van der Waals surface area contributed by atoms with E-state index in [1.807, 2.05) is 18.3 Å². The fourth-order valence-electron chi connectivity index (χ4n) is 1.57. The van der Waals surface area contributed by atoms with E-state index in [4.69, 9.17) is 23.2 Å². The predicted molar refractivity (Wildman–Crippen MR) is 62.2 cm³/mol. The van der Waals surface area contributed by atoms with Gasteiger partial charge < -0.3 is 4.98 Å². The smallest absolute Gasteiger partial charge is 0.0517 e. The third kappa shape index (κ3) is 1.54. The number of hydrogen-bond acceptors (Lipinski definition) is 0. The zero-order chi connectivity index (χ0) is 10.1. The molecule has 0 saturated carbocycles. The number of allylic oxidation sites excluding steroid dienone is 1. The highest BCUT2D eigenvalue weighted by Crippen LogP contribution is 2.30. The predicted octanol–water partition coefficient (Wildman–Crippen LogP) is 4.20. The highest BCUT2D eigenvalue weighted by Gasteiger charge is 2.07. The molecule has 0 bridgehead atoms. The molecule has 1 aromatic heterocycles. The molecule has 0 fully saturated rings. The molecule has 0 spiro atoms. The van der Waals surface area contributed by atoms with Crippen LogP contribution in [0.3, 0.4) is 0 Å². The van der Waals surface area contributed by atoms with Crippen LogP contribution in [0.5, 0.6) is 0 Å². The van der Waals surface area contributed by atoms with Gasteiger partial charge in [0.25, 0.3) is 0 Å². The minimum absolute atomic E-state index is 0.648. The van der Waals surface area contributed by atoms with Gasteiger partial charge in [-0.05, 0) is 24.1 Å². The lowest BCUT2D eigenvalue weighted by Gasteiger charge is -1.98. The van der Waals surface area contributed by atoms with Crippen LogP contribution in [-0.4, -0.2) is 4.98 Å². The van der Waals surface area contributed by atoms with Gasteiger partial charge in [-0.15, -0.1) is 6.58 Å². The maximum atomic E-state index is 6.11. The number of aromatic amines is 1.